The highest BCUT2D eigenvalue weighted by atomic mass is 19.1. The van der Waals surface area contributed by atoms with E-state index in [2.05, 4.69) is 64.4 Å². The lowest BCUT2D eigenvalue weighted by atomic mass is 9.32. The van der Waals surface area contributed by atoms with Gasteiger partial charge in [-0.3, -0.25) is 4.79 Å². The Hall–Kier alpha value is -2.47. The number of piperidine rings is 1. The van der Waals surface area contributed by atoms with Gasteiger partial charge in [-0.2, -0.15) is 0 Å². The standard InChI is InChI=1S/C45H65FN2O3/c1-29(2)31-16-21-45(40(51)47-24-11-27-48-25-9-8-10-26-48)23-22-43(6)34(38(31)45)14-15-37-42(5)19-17-33(32-13-12-30(39(49)50)28-35(32)46)41(3,4)36(42)18-20-44(37,43)7/h12-13,17,28,31,34,36-38H,1,8-11,14-16,18-27H2,2-7H3,(H,47,51)(H,49,50)/t31-,34+,36-,37+,38+,42-,43+,44+,45-/m0/s1. The summed E-state index contributed by atoms with van der Waals surface area (Å²) in [4.78, 5) is 28.6. The third-order valence-electron chi connectivity index (χ3n) is 17.0. The highest BCUT2D eigenvalue weighted by Gasteiger charge is 2.71. The third kappa shape index (κ3) is 5.61. The molecule has 280 valence electrons. The van der Waals surface area contributed by atoms with E-state index in [1.165, 1.54) is 56.8 Å². The van der Waals surface area contributed by atoms with Crippen molar-refractivity contribution in [2.45, 2.75) is 125 Å². The van der Waals surface area contributed by atoms with Crippen molar-refractivity contribution < 1.29 is 19.1 Å². The molecule has 5 nitrogen and oxygen atoms in total. The van der Waals surface area contributed by atoms with Crippen molar-refractivity contribution in [3.05, 3.63) is 53.4 Å². The smallest absolute Gasteiger partial charge is 0.335 e. The van der Waals surface area contributed by atoms with E-state index in [4.69, 9.17) is 0 Å². The number of likely N-dealkylation sites (tertiary alicyclic amines) is 1. The number of carbonyl (C=O) groups excluding carboxylic acids is 1. The van der Waals surface area contributed by atoms with Gasteiger partial charge in [0.2, 0.25) is 5.91 Å². The van der Waals surface area contributed by atoms with Crippen molar-refractivity contribution in [2.24, 2.45) is 56.7 Å². The van der Waals surface area contributed by atoms with Crippen molar-refractivity contribution in [2.75, 3.05) is 26.2 Å². The van der Waals surface area contributed by atoms with Gasteiger partial charge in [-0.15, -0.1) is 0 Å². The number of hydrogen-bond donors (Lipinski definition) is 2. The molecule has 0 aromatic heterocycles. The van der Waals surface area contributed by atoms with Gasteiger partial charge < -0.3 is 15.3 Å². The number of hydrogen-bond acceptors (Lipinski definition) is 3. The van der Waals surface area contributed by atoms with Gasteiger partial charge in [-0.1, -0.05) is 65.3 Å². The summed E-state index contributed by atoms with van der Waals surface area (Å²) in [6, 6.07) is 4.42. The molecule has 5 fully saturated rings. The molecule has 1 aromatic rings. The summed E-state index contributed by atoms with van der Waals surface area (Å²) < 4.78 is 15.5. The van der Waals surface area contributed by atoms with E-state index >= 15 is 4.39 Å². The predicted octanol–water partition coefficient (Wildman–Crippen LogP) is 10.2. The van der Waals surface area contributed by atoms with E-state index in [0.717, 1.165) is 70.0 Å². The lowest BCUT2D eigenvalue weighted by Gasteiger charge is -2.72. The number of amides is 1. The molecule has 51 heavy (non-hydrogen) atoms. The summed E-state index contributed by atoms with van der Waals surface area (Å²) in [6.07, 6.45) is 17.0. The van der Waals surface area contributed by atoms with Gasteiger partial charge in [0.05, 0.1) is 11.0 Å². The summed E-state index contributed by atoms with van der Waals surface area (Å²) >= 11 is 0. The van der Waals surface area contributed by atoms with Crippen molar-refractivity contribution in [3.63, 3.8) is 0 Å². The number of benzene rings is 1. The molecule has 1 amide bonds. The minimum absolute atomic E-state index is 0.00766. The number of halogens is 1. The van der Waals surface area contributed by atoms with Crippen LogP contribution < -0.4 is 5.32 Å². The van der Waals surface area contributed by atoms with Crippen LogP contribution >= 0.6 is 0 Å². The minimum atomic E-state index is -1.10. The van der Waals surface area contributed by atoms with Crippen LogP contribution in [-0.4, -0.2) is 48.1 Å². The molecule has 0 unspecified atom stereocenters. The maximum Gasteiger partial charge on any atom is 0.335 e. The van der Waals surface area contributed by atoms with E-state index in [0.29, 0.717) is 41.1 Å². The second-order valence-electron chi connectivity index (χ2n) is 19.4. The molecule has 1 heterocycles. The zero-order chi connectivity index (χ0) is 36.6. The Morgan fingerprint density at radius 2 is 1.69 bits per heavy atom. The summed E-state index contributed by atoms with van der Waals surface area (Å²) in [5.74, 6) is 0.989. The van der Waals surface area contributed by atoms with Crippen LogP contribution in [0, 0.1) is 62.5 Å². The largest absolute Gasteiger partial charge is 0.478 e. The monoisotopic (exact) mass is 700 g/mol. The lowest BCUT2D eigenvalue weighted by molar-refractivity contribution is -0.225. The van der Waals surface area contributed by atoms with Crippen LogP contribution in [0.2, 0.25) is 0 Å². The van der Waals surface area contributed by atoms with Gasteiger partial charge in [0.25, 0.3) is 0 Å². The van der Waals surface area contributed by atoms with Gasteiger partial charge >= 0.3 is 5.97 Å². The first kappa shape index (κ1) is 36.9. The third-order valence-corrected chi connectivity index (χ3v) is 17.0. The molecule has 1 saturated heterocycles. The molecule has 4 saturated carbocycles. The number of carbonyl (C=O) groups is 2. The van der Waals surface area contributed by atoms with Gasteiger partial charge in [-0.25, -0.2) is 9.18 Å². The maximum atomic E-state index is 15.5. The minimum Gasteiger partial charge on any atom is -0.478 e. The van der Waals surface area contributed by atoms with E-state index in [-0.39, 0.29) is 32.6 Å². The van der Waals surface area contributed by atoms with E-state index in [1.54, 1.807) is 12.1 Å². The van der Waals surface area contributed by atoms with Crippen molar-refractivity contribution in [3.8, 4) is 0 Å². The molecule has 0 bridgehead atoms. The van der Waals surface area contributed by atoms with E-state index in [9.17, 15) is 14.7 Å². The topological polar surface area (TPSA) is 69.6 Å². The lowest BCUT2D eigenvalue weighted by Crippen LogP contribution is -2.66. The van der Waals surface area contributed by atoms with Crippen LogP contribution in [0.5, 0.6) is 0 Å². The molecule has 6 heteroatoms. The van der Waals surface area contributed by atoms with Gasteiger partial charge in [0.1, 0.15) is 5.82 Å². The first-order chi connectivity index (χ1) is 24.1. The predicted molar refractivity (Wildman–Crippen MR) is 204 cm³/mol. The SMILES string of the molecule is C=C(C)[C@@H]1CC[C@]2(C(=O)NCCCN3CCCCC3)CC[C@]3(C)[C@H](CC[C@@H]4[C@@]5(C)CC=C(c6ccc(C(=O)O)cc6F)C(C)(C)[C@@H]5CC[C@]43C)[C@@H]12. The average Bonchev–Trinajstić information content (AvgIpc) is 3.49. The van der Waals surface area contributed by atoms with Crippen LogP contribution in [0.25, 0.3) is 5.57 Å². The molecule has 1 aromatic carbocycles. The van der Waals surface area contributed by atoms with Gasteiger partial charge in [-0.05, 0) is 173 Å². The normalized spacial score (nSPS) is 40.2. The van der Waals surface area contributed by atoms with Gasteiger partial charge in [0.15, 0.2) is 0 Å². The average molecular weight is 701 g/mol. The Morgan fingerprint density at radius 1 is 0.941 bits per heavy atom. The molecule has 7 rings (SSSR count). The number of nitrogens with one attached hydrogen (secondary N) is 1. The fourth-order valence-electron chi connectivity index (χ4n) is 14.3. The summed E-state index contributed by atoms with van der Waals surface area (Å²) in [6.45, 7) is 23.4. The molecule has 0 spiro atoms. The number of carboxylic acid groups (broad SMARTS) is 1. The molecule has 5 aliphatic carbocycles. The van der Waals surface area contributed by atoms with Crippen LogP contribution in [-0.2, 0) is 4.79 Å². The molecule has 0 radical (unpaired) electrons. The molecule has 1 aliphatic heterocycles. The highest BCUT2D eigenvalue weighted by Crippen LogP contribution is 2.77. The van der Waals surface area contributed by atoms with E-state index in [1.807, 2.05) is 0 Å². The summed E-state index contributed by atoms with van der Waals surface area (Å²) in [7, 11) is 0. The molecule has 2 N–H and O–H groups in total. The highest BCUT2D eigenvalue weighted by molar-refractivity contribution is 5.88. The van der Waals surface area contributed by atoms with Crippen LogP contribution in [0.3, 0.4) is 0 Å². The quantitative estimate of drug-likeness (QED) is 0.209. The number of fused-ring (bicyclic) bond motifs is 7. The Kier molecular flexibility index (Phi) is 9.49. The second kappa shape index (κ2) is 13.1. The number of allylic oxidation sites excluding steroid dienone is 3. The number of aromatic carboxylic acids is 1. The Balaban J connectivity index is 1.15. The van der Waals surface area contributed by atoms with Crippen LogP contribution in [0.15, 0.2) is 36.4 Å². The molecular formula is C45H65FN2O3. The number of nitrogens with zero attached hydrogens (tertiary/aromatic N) is 1. The summed E-state index contributed by atoms with van der Waals surface area (Å²) in [5, 5.41) is 13.0. The fourth-order valence-corrected chi connectivity index (χ4v) is 14.3. The van der Waals surface area contributed by atoms with Crippen molar-refractivity contribution >= 4 is 17.4 Å². The first-order valence-corrected chi connectivity index (χ1v) is 20.5. The Bertz CT molecular complexity index is 1590. The zero-order valence-corrected chi connectivity index (χ0v) is 32.5. The zero-order valence-electron chi connectivity index (χ0n) is 32.5. The fraction of sp³-hybridized carbons (Fsp3) is 0.733. The van der Waals surface area contributed by atoms with Crippen molar-refractivity contribution in [1.29, 1.82) is 0 Å². The van der Waals surface area contributed by atoms with Crippen LogP contribution in [0.1, 0.15) is 141 Å². The number of rotatable bonds is 8. The second-order valence-corrected chi connectivity index (χ2v) is 19.4. The molecule has 6 aliphatic rings. The number of carboxylic acids is 1. The van der Waals surface area contributed by atoms with Crippen LogP contribution in [0.4, 0.5) is 4.39 Å². The summed E-state index contributed by atoms with van der Waals surface area (Å²) in [5.41, 5.74) is 2.67. The van der Waals surface area contributed by atoms with Gasteiger partial charge in [0, 0.05) is 12.1 Å². The Morgan fingerprint density at radius 3 is 2.37 bits per heavy atom. The molecule has 9 atom stereocenters. The first-order valence-electron chi connectivity index (χ1n) is 20.5. The molecular weight excluding hydrogens is 636 g/mol. The van der Waals surface area contributed by atoms with E-state index < -0.39 is 11.8 Å². The van der Waals surface area contributed by atoms with Crippen molar-refractivity contribution in [1.82, 2.24) is 10.2 Å². The maximum absolute atomic E-state index is 15.5. The Labute approximate surface area is 307 Å².